The van der Waals surface area contributed by atoms with Crippen molar-refractivity contribution in [2.75, 3.05) is 13.1 Å². The molecule has 0 saturated carbocycles. The summed E-state index contributed by atoms with van der Waals surface area (Å²) in [5, 5.41) is 12.0. The molecule has 0 aromatic heterocycles. The second-order valence-corrected chi connectivity index (χ2v) is 9.02. The van der Waals surface area contributed by atoms with Crippen LogP contribution in [0.2, 0.25) is 0 Å². The Morgan fingerprint density at radius 1 is 1.03 bits per heavy atom. The highest BCUT2D eigenvalue weighted by molar-refractivity contribution is 5.95. The first-order valence-electron chi connectivity index (χ1n) is 11.2. The van der Waals surface area contributed by atoms with E-state index in [4.69, 9.17) is 11.5 Å². The molecular formula is C21H35N5O6. The Labute approximate surface area is 187 Å². The van der Waals surface area contributed by atoms with Gasteiger partial charge in [-0.3, -0.25) is 19.2 Å². The Balaban J connectivity index is 2.15. The molecule has 4 atom stereocenters. The molecule has 2 heterocycles. The van der Waals surface area contributed by atoms with Crippen molar-refractivity contribution >= 4 is 29.6 Å². The van der Waals surface area contributed by atoms with Gasteiger partial charge in [0, 0.05) is 19.5 Å². The van der Waals surface area contributed by atoms with Crippen molar-refractivity contribution in [3.05, 3.63) is 0 Å². The molecule has 0 aromatic carbocycles. The third kappa shape index (κ3) is 6.41. The van der Waals surface area contributed by atoms with Gasteiger partial charge >= 0.3 is 5.97 Å². The zero-order valence-electron chi connectivity index (χ0n) is 18.8. The molecule has 180 valence electrons. The lowest BCUT2D eigenvalue weighted by Gasteiger charge is -2.32. The first-order chi connectivity index (χ1) is 15.0. The maximum Gasteiger partial charge on any atom is 0.326 e. The molecule has 6 N–H and O–H groups in total. The zero-order chi connectivity index (χ0) is 24.0. The topological polar surface area (TPSA) is 176 Å². The summed E-state index contributed by atoms with van der Waals surface area (Å²) in [6.45, 7) is 4.49. The highest BCUT2D eigenvalue weighted by Gasteiger charge is 2.43. The van der Waals surface area contributed by atoms with Crippen LogP contribution in [0, 0.1) is 5.92 Å². The monoisotopic (exact) mass is 453 g/mol. The van der Waals surface area contributed by atoms with Gasteiger partial charge in [-0.25, -0.2) is 4.79 Å². The molecule has 0 unspecified atom stereocenters. The number of nitrogens with two attached hydrogens (primary N) is 2. The lowest BCUT2D eigenvalue weighted by atomic mass is 10.0. The third-order valence-electron chi connectivity index (χ3n) is 6.00. The molecule has 2 fully saturated rings. The number of carbonyl (C=O) groups excluding carboxylic acids is 4. The average Bonchev–Trinajstić information content (AvgIpc) is 3.38. The minimum absolute atomic E-state index is 0.00676. The quantitative estimate of drug-likeness (QED) is 0.334. The van der Waals surface area contributed by atoms with E-state index >= 15 is 0 Å². The summed E-state index contributed by atoms with van der Waals surface area (Å²) >= 11 is 0. The van der Waals surface area contributed by atoms with E-state index in [1.165, 1.54) is 9.80 Å². The number of rotatable bonds is 10. The number of nitrogens with zero attached hydrogens (tertiary/aromatic N) is 2. The van der Waals surface area contributed by atoms with Crippen molar-refractivity contribution in [3.63, 3.8) is 0 Å². The second-order valence-electron chi connectivity index (χ2n) is 9.02. The number of carbonyl (C=O) groups is 5. The van der Waals surface area contributed by atoms with Crippen molar-refractivity contribution in [2.45, 2.75) is 83.0 Å². The Hall–Kier alpha value is -2.69. The first-order valence-corrected chi connectivity index (χ1v) is 11.2. The maximum absolute atomic E-state index is 13.3. The van der Waals surface area contributed by atoms with E-state index in [-0.39, 0.29) is 18.8 Å². The van der Waals surface area contributed by atoms with Crippen LogP contribution in [0.5, 0.6) is 0 Å². The third-order valence-corrected chi connectivity index (χ3v) is 6.00. The fourth-order valence-electron chi connectivity index (χ4n) is 4.40. The van der Waals surface area contributed by atoms with E-state index in [9.17, 15) is 29.1 Å². The van der Waals surface area contributed by atoms with E-state index in [0.717, 1.165) is 0 Å². The molecule has 0 aromatic rings. The van der Waals surface area contributed by atoms with Crippen LogP contribution in [-0.4, -0.2) is 81.8 Å². The molecule has 0 aliphatic carbocycles. The minimum atomic E-state index is -1.06. The van der Waals surface area contributed by atoms with Gasteiger partial charge in [-0.1, -0.05) is 13.8 Å². The van der Waals surface area contributed by atoms with Gasteiger partial charge in [-0.2, -0.15) is 0 Å². The summed E-state index contributed by atoms with van der Waals surface area (Å²) in [6, 6.07) is -3.54. The van der Waals surface area contributed by atoms with E-state index in [0.29, 0.717) is 45.2 Å². The van der Waals surface area contributed by atoms with Crippen LogP contribution in [0.3, 0.4) is 0 Å². The van der Waals surface area contributed by atoms with Crippen LogP contribution in [0.4, 0.5) is 0 Å². The summed E-state index contributed by atoms with van der Waals surface area (Å²) in [5.74, 6) is -2.88. The molecule has 0 bridgehead atoms. The van der Waals surface area contributed by atoms with Crippen molar-refractivity contribution in [1.29, 1.82) is 0 Å². The van der Waals surface area contributed by atoms with Gasteiger partial charge < -0.3 is 31.7 Å². The van der Waals surface area contributed by atoms with Crippen LogP contribution >= 0.6 is 0 Å². The highest BCUT2D eigenvalue weighted by Crippen LogP contribution is 2.26. The van der Waals surface area contributed by atoms with Crippen molar-refractivity contribution < 1.29 is 29.1 Å². The number of amides is 4. The summed E-state index contributed by atoms with van der Waals surface area (Å²) in [5.41, 5.74) is 11.2. The molecule has 11 heteroatoms. The van der Waals surface area contributed by atoms with Crippen LogP contribution in [0.25, 0.3) is 0 Å². The largest absolute Gasteiger partial charge is 0.480 e. The average molecular weight is 454 g/mol. The number of aliphatic carboxylic acids is 1. The minimum Gasteiger partial charge on any atom is -0.480 e. The molecule has 0 radical (unpaired) electrons. The Morgan fingerprint density at radius 2 is 1.62 bits per heavy atom. The number of hydrogen-bond donors (Lipinski definition) is 4. The van der Waals surface area contributed by atoms with E-state index in [2.05, 4.69) is 5.32 Å². The Bertz CT molecular complexity index is 742. The lowest BCUT2D eigenvalue weighted by molar-refractivity contribution is -0.152. The Morgan fingerprint density at radius 3 is 2.19 bits per heavy atom. The number of nitrogens with one attached hydrogen (secondary N) is 1. The zero-order valence-corrected chi connectivity index (χ0v) is 18.8. The summed E-state index contributed by atoms with van der Waals surface area (Å²) < 4.78 is 0. The summed E-state index contributed by atoms with van der Waals surface area (Å²) in [6.07, 6.45) is 2.27. The van der Waals surface area contributed by atoms with Crippen molar-refractivity contribution in [3.8, 4) is 0 Å². The number of likely N-dealkylation sites (tertiary alicyclic amines) is 2. The molecular weight excluding hydrogens is 418 g/mol. The normalized spacial score (nSPS) is 22.6. The smallest absolute Gasteiger partial charge is 0.326 e. The van der Waals surface area contributed by atoms with Gasteiger partial charge in [0.25, 0.3) is 0 Å². The van der Waals surface area contributed by atoms with Crippen LogP contribution in [0.1, 0.15) is 58.8 Å². The first kappa shape index (κ1) is 25.6. The molecule has 2 rings (SSSR count). The van der Waals surface area contributed by atoms with Gasteiger partial charge in [-0.05, 0) is 44.4 Å². The lowest BCUT2D eigenvalue weighted by Crippen LogP contribution is -2.57. The van der Waals surface area contributed by atoms with Gasteiger partial charge in [0.15, 0.2) is 0 Å². The summed E-state index contributed by atoms with van der Waals surface area (Å²) in [7, 11) is 0. The number of carboxylic acid groups (broad SMARTS) is 1. The van der Waals surface area contributed by atoms with Crippen molar-refractivity contribution in [2.24, 2.45) is 17.4 Å². The molecule has 11 nitrogen and oxygen atoms in total. The highest BCUT2D eigenvalue weighted by atomic mass is 16.4. The van der Waals surface area contributed by atoms with Crippen LogP contribution < -0.4 is 16.8 Å². The van der Waals surface area contributed by atoms with Gasteiger partial charge in [0.1, 0.15) is 18.1 Å². The van der Waals surface area contributed by atoms with Gasteiger partial charge in [0.05, 0.1) is 6.04 Å². The van der Waals surface area contributed by atoms with Gasteiger partial charge in [-0.15, -0.1) is 0 Å². The Kier molecular flexibility index (Phi) is 8.99. The molecule has 2 saturated heterocycles. The predicted octanol–water partition coefficient (Wildman–Crippen LogP) is -0.823. The fraction of sp³-hybridized carbons (Fsp3) is 0.762. The number of carboxylic acids is 1. The molecule has 2 aliphatic heterocycles. The SMILES string of the molecule is CC(C)C[C@H](N)C(=O)N[C@@H](CCC(N)=O)C(=O)N1CCC[C@H]1C(=O)N1CCC[C@H]1C(=O)O. The van der Waals surface area contributed by atoms with Crippen LogP contribution in [0.15, 0.2) is 0 Å². The molecule has 32 heavy (non-hydrogen) atoms. The molecule has 2 aliphatic rings. The fourth-order valence-corrected chi connectivity index (χ4v) is 4.40. The van der Waals surface area contributed by atoms with Gasteiger partial charge in [0.2, 0.25) is 23.6 Å². The number of primary amides is 1. The van der Waals surface area contributed by atoms with E-state index in [1.54, 1.807) is 0 Å². The van der Waals surface area contributed by atoms with Crippen LogP contribution in [-0.2, 0) is 24.0 Å². The molecule has 4 amide bonds. The predicted molar refractivity (Wildman–Crippen MR) is 115 cm³/mol. The summed E-state index contributed by atoms with van der Waals surface area (Å²) in [4.78, 5) is 64.5. The number of hydrogen-bond acceptors (Lipinski definition) is 6. The second kappa shape index (κ2) is 11.3. The standard InChI is InChI=1S/C21H35N5O6/c1-12(2)11-13(22)18(28)24-14(7-8-17(23)27)19(29)25-9-3-5-15(25)20(30)26-10-4-6-16(26)21(31)32/h12-16H,3-11,22H2,1-2H3,(H2,23,27)(H,24,28)(H,31,32)/t13-,14-,15-,16-/m0/s1. The van der Waals surface area contributed by atoms with E-state index < -0.39 is 53.8 Å². The van der Waals surface area contributed by atoms with E-state index in [1.807, 2.05) is 13.8 Å². The van der Waals surface area contributed by atoms with Crippen molar-refractivity contribution in [1.82, 2.24) is 15.1 Å². The molecule has 0 spiro atoms. The maximum atomic E-state index is 13.3.